The number of fused-ring (bicyclic) bond motifs is 6. The molecule has 0 radical (unpaired) electrons. The van der Waals surface area contributed by atoms with Crippen molar-refractivity contribution in [2.75, 3.05) is 33.9 Å². The van der Waals surface area contributed by atoms with Gasteiger partial charge in [0.15, 0.2) is 0 Å². The molecule has 2 aromatic carbocycles. The number of hydrazine groups is 1. The number of phenols is 1. The van der Waals surface area contributed by atoms with E-state index in [0.29, 0.717) is 55.6 Å². The summed E-state index contributed by atoms with van der Waals surface area (Å²) in [6, 6.07) is 11.6. The van der Waals surface area contributed by atoms with Gasteiger partial charge in [-0.3, -0.25) is 29.2 Å². The quantitative estimate of drug-likeness (QED) is 0.119. The molecule has 1 unspecified atom stereocenters. The number of hydrogen-bond donors (Lipinski definition) is 3. The fourth-order valence-electron chi connectivity index (χ4n) is 10.5. The SMILES string of the molecule is CCn1c(-c2cccnc2[C@H](C)OC)c2c3cc(ccc31)-c1cc(O)cc(c1)C[C@H](NC(=O)[C@H](C)N(C)C(=O)CC1CC[C@H](C)CN1C(=O)n1cc(C(C)C)nn1)C(=O)N1CCC[C@H](N1)C(=O)OCC(C)(C)C2. The number of likely N-dealkylation sites (tertiary alicyclic amines) is 1. The standard InChI is InChI=1S/C55H72N10O8/c1-11-62-47-19-17-37-26-42(47)43(50(62)41-14-12-20-56-49(41)35(6)72-10)28-55(7,8)31-73-53(70)44-15-13-21-64(59-44)52(69)45(24-36-22-38(37)25-40(66)23-36)57-51(68)34(5)61(9)48(67)27-39-18-16-33(4)29-63(39)54(71)65-30-46(32(2)3)58-60-65/h12,14,17,19-20,22-23,25-26,30,32-35,39,44-45,59,66H,11,13,15-16,18,21,24,27-29,31H2,1-10H3,(H,57,68)/t33-,34-,35-,39?,44-,45-/m0/s1. The van der Waals surface area contributed by atoms with Crippen molar-refractivity contribution in [2.45, 2.75) is 143 Å². The Bertz CT molecular complexity index is 2870. The van der Waals surface area contributed by atoms with Gasteiger partial charge in [0.1, 0.15) is 23.9 Å². The largest absolute Gasteiger partial charge is 0.508 e. The van der Waals surface area contributed by atoms with Crippen molar-refractivity contribution in [1.29, 1.82) is 0 Å². The molecule has 4 amide bonds. The van der Waals surface area contributed by atoms with Gasteiger partial charge in [0.25, 0.3) is 5.91 Å². The molecule has 8 rings (SSSR count). The number of ether oxygens (including phenoxy) is 2. The third kappa shape index (κ3) is 11.3. The van der Waals surface area contributed by atoms with Crippen molar-refractivity contribution < 1.29 is 38.6 Å². The first-order valence-electron chi connectivity index (χ1n) is 25.8. The van der Waals surface area contributed by atoms with Crippen LogP contribution in [-0.4, -0.2) is 132 Å². The number of benzene rings is 2. The fourth-order valence-corrected chi connectivity index (χ4v) is 10.5. The van der Waals surface area contributed by atoms with Crippen LogP contribution in [0.25, 0.3) is 33.3 Å². The van der Waals surface area contributed by atoms with Gasteiger partial charge in [-0.2, -0.15) is 4.68 Å². The molecular weight excluding hydrogens is 929 g/mol. The Kier molecular flexibility index (Phi) is 15.7. The van der Waals surface area contributed by atoms with Crippen LogP contribution in [0.5, 0.6) is 5.75 Å². The molecule has 3 aliphatic rings. The predicted molar refractivity (Wildman–Crippen MR) is 276 cm³/mol. The summed E-state index contributed by atoms with van der Waals surface area (Å²) in [4.78, 5) is 78.8. The van der Waals surface area contributed by atoms with Crippen LogP contribution >= 0.6 is 0 Å². The Morgan fingerprint density at radius 2 is 1.82 bits per heavy atom. The second-order valence-electron chi connectivity index (χ2n) is 21.4. The number of aromatic hydroxyl groups is 1. The van der Waals surface area contributed by atoms with Crippen molar-refractivity contribution in [3.8, 4) is 28.1 Å². The summed E-state index contributed by atoms with van der Waals surface area (Å²) in [6.07, 6.45) is 5.94. The first-order chi connectivity index (χ1) is 34.8. The van der Waals surface area contributed by atoms with Crippen LogP contribution in [0.15, 0.2) is 60.9 Å². The van der Waals surface area contributed by atoms with E-state index in [2.05, 4.69) is 71.5 Å². The number of aryl methyl sites for hydroxylation is 1. The molecule has 3 N–H and O–H groups in total. The summed E-state index contributed by atoms with van der Waals surface area (Å²) in [5, 5.41) is 24.9. The van der Waals surface area contributed by atoms with Gasteiger partial charge in [0.05, 0.1) is 36.0 Å². The van der Waals surface area contributed by atoms with Crippen molar-refractivity contribution in [2.24, 2.45) is 11.3 Å². The highest BCUT2D eigenvalue weighted by molar-refractivity contribution is 5.96. The number of carbonyl (C=O) groups is 5. The number of piperidine rings is 1. The van der Waals surface area contributed by atoms with Crippen LogP contribution in [0.2, 0.25) is 0 Å². The maximum atomic E-state index is 14.7. The highest BCUT2D eigenvalue weighted by Gasteiger charge is 2.38. The van der Waals surface area contributed by atoms with Gasteiger partial charge in [0.2, 0.25) is 11.8 Å². The van der Waals surface area contributed by atoms with Crippen LogP contribution in [0.1, 0.15) is 122 Å². The summed E-state index contributed by atoms with van der Waals surface area (Å²) in [7, 11) is 3.21. The number of carbonyl (C=O) groups excluding carboxylic acids is 5. The number of aromatic nitrogens is 5. The van der Waals surface area contributed by atoms with Gasteiger partial charge in [-0.15, -0.1) is 5.10 Å². The molecule has 6 heterocycles. The van der Waals surface area contributed by atoms with E-state index >= 15 is 0 Å². The van der Waals surface area contributed by atoms with E-state index in [1.54, 1.807) is 50.5 Å². The Morgan fingerprint density at radius 1 is 1.04 bits per heavy atom. The Hall–Kier alpha value is -6.66. The van der Waals surface area contributed by atoms with Crippen LogP contribution in [0.3, 0.4) is 0 Å². The number of pyridine rings is 1. The van der Waals surface area contributed by atoms with Crippen molar-refractivity contribution in [3.63, 3.8) is 0 Å². The zero-order chi connectivity index (χ0) is 52.5. The normalized spacial score (nSPS) is 21.4. The molecule has 390 valence electrons. The third-order valence-corrected chi connectivity index (χ3v) is 14.9. The summed E-state index contributed by atoms with van der Waals surface area (Å²) in [5.74, 6) is -1.63. The lowest BCUT2D eigenvalue weighted by Gasteiger charge is -2.39. The lowest BCUT2D eigenvalue weighted by molar-refractivity contribution is -0.155. The third-order valence-electron chi connectivity index (χ3n) is 14.9. The van der Waals surface area contributed by atoms with Gasteiger partial charge in [0, 0.05) is 80.8 Å². The van der Waals surface area contributed by atoms with Gasteiger partial charge >= 0.3 is 12.0 Å². The number of amides is 4. The second kappa shape index (κ2) is 21.8. The number of rotatable bonds is 10. The highest BCUT2D eigenvalue weighted by Crippen LogP contribution is 2.42. The topological polar surface area (TPSA) is 206 Å². The number of esters is 1. The van der Waals surface area contributed by atoms with Crippen LogP contribution in [0, 0.1) is 11.3 Å². The minimum atomic E-state index is -1.18. The van der Waals surface area contributed by atoms with E-state index in [-0.39, 0.29) is 61.6 Å². The molecule has 6 atom stereocenters. The molecule has 0 saturated carbocycles. The Morgan fingerprint density at radius 3 is 2.55 bits per heavy atom. The van der Waals surface area contributed by atoms with E-state index in [1.165, 1.54) is 14.6 Å². The molecular formula is C55H72N10O8. The monoisotopic (exact) mass is 1000 g/mol. The minimum absolute atomic E-state index is 0.0194. The molecule has 2 fully saturated rings. The molecule has 18 nitrogen and oxygen atoms in total. The number of nitrogens with zero attached hydrogens (tertiary/aromatic N) is 8. The first kappa shape index (κ1) is 52.7. The van der Waals surface area contributed by atoms with Crippen molar-refractivity contribution in [3.05, 3.63) is 83.4 Å². The summed E-state index contributed by atoms with van der Waals surface area (Å²) in [5.41, 5.74) is 10.2. The van der Waals surface area contributed by atoms with Gasteiger partial charge in [-0.1, -0.05) is 52.0 Å². The van der Waals surface area contributed by atoms with Gasteiger partial charge in [-0.05, 0) is 123 Å². The number of hydrogen-bond acceptors (Lipinski definition) is 12. The van der Waals surface area contributed by atoms with E-state index in [4.69, 9.17) is 14.5 Å². The Labute approximate surface area is 427 Å². The van der Waals surface area contributed by atoms with E-state index < -0.39 is 47.4 Å². The molecule has 3 aromatic heterocycles. The molecule has 3 aliphatic heterocycles. The minimum Gasteiger partial charge on any atom is -0.508 e. The van der Waals surface area contributed by atoms with Crippen LogP contribution < -0.4 is 10.7 Å². The number of likely N-dealkylation sites (N-methyl/N-ethyl adjacent to an activating group) is 1. The highest BCUT2D eigenvalue weighted by atomic mass is 16.5. The van der Waals surface area contributed by atoms with Crippen LogP contribution in [0.4, 0.5) is 4.79 Å². The lowest BCUT2D eigenvalue weighted by atomic mass is 9.84. The maximum Gasteiger partial charge on any atom is 0.346 e. The molecule has 2 saturated heterocycles. The first-order valence-corrected chi connectivity index (χ1v) is 25.8. The van der Waals surface area contributed by atoms with Crippen molar-refractivity contribution in [1.82, 2.24) is 50.1 Å². The number of nitrogens with one attached hydrogen (secondary N) is 2. The van der Waals surface area contributed by atoms with E-state index in [0.717, 1.165) is 45.4 Å². The Balaban J connectivity index is 1.12. The van der Waals surface area contributed by atoms with Crippen molar-refractivity contribution >= 4 is 40.6 Å². The lowest BCUT2D eigenvalue weighted by Crippen LogP contribution is -2.61. The molecule has 0 aliphatic carbocycles. The molecule has 18 heteroatoms. The molecule has 73 heavy (non-hydrogen) atoms. The van der Waals surface area contributed by atoms with Crippen LogP contribution in [-0.2, 0) is 48.0 Å². The zero-order valence-corrected chi connectivity index (χ0v) is 44.0. The number of cyclic esters (lactones) is 1. The predicted octanol–water partition coefficient (Wildman–Crippen LogP) is 7.17. The average Bonchev–Trinajstić information content (AvgIpc) is 4.00. The van der Waals surface area contributed by atoms with E-state index in [1.807, 2.05) is 39.0 Å². The van der Waals surface area contributed by atoms with Gasteiger partial charge < -0.3 is 34.3 Å². The molecule has 5 aromatic rings. The molecule has 0 spiro atoms. The molecule has 6 bridgehead atoms. The maximum absolute atomic E-state index is 14.7. The smallest absolute Gasteiger partial charge is 0.346 e. The zero-order valence-electron chi connectivity index (χ0n) is 44.0. The number of phenolic OH excluding ortho intramolecular Hbond substituents is 1. The average molecular weight is 1000 g/mol. The number of methoxy groups -OCH3 is 1. The summed E-state index contributed by atoms with van der Waals surface area (Å²) in [6.45, 7) is 17.3. The fraction of sp³-hybridized carbons (Fsp3) is 0.527. The van der Waals surface area contributed by atoms with E-state index in [9.17, 15) is 29.1 Å². The summed E-state index contributed by atoms with van der Waals surface area (Å²) >= 11 is 0. The summed E-state index contributed by atoms with van der Waals surface area (Å²) < 4.78 is 15.5. The van der Waals surface area contributed by atoms with Gasteiger partial charge in [-0.25, -0.2) is 10.2 Å². The second-order valence-corrected chi connectivity index (χ2v) is 21.4.